The summed E-state index contributed by atoms with van der Waals surface area (Å²) in [5.41, 5.74) is 1.52. The average Bonchev–Trinajstić information content (AvgIpc) is 3.40. The van der Waals surface area contributed by atoms with Crippen LogP contribution in [0.5, 0.6) is 0 Å². The van der Waals surface area contributed by atoms with Gasteiger partial charge in [0.25, 0.3) is 0 Å². The maximum atomic E-state index is 4.86. The number of aliphatic imine (C=N–C) groups is 1. The molecule has 0 saturated carbocycles. The van der Waals surface area contributed by atoms with Gasteiger partial charge in [-0.05, 0) is 60.7 Å². The molecule has 0 bridgehead atoms. The van der Waals surface area contributed by atoms with E-state index in [9.17, 15) is 0 Å². The Morgan fingerprint density at radius 1 is 1.18 bits per heavy atom. The molecule has 0 spiro atoms. The molecule has 4 rings (SSSR count). The lowest BCUT2D eigenvalue weighted by atomic mass is 10.1. The number of rotatable bonds is 6. The van der Waals surface area contributed by atoms with Crippen LogP contribution in [0.4, 0.5) is 5.00 Å². The Bertz CT molecular complexity index is 747. The molecule has 0 aliphatic carbocycles. The largest absolute Gasteiger partial charge is 0.363 e. The van der Waals surface area contributed by atoms with Gasteiger partial charge in [0.05, 0.1) is 11.5 Å². The third-order valence-electron chi connectivity index (χ3n) is 5.57. The summed E-state index contributed by atoms with van der Waals surface area (Å²) >= 11 is 3.74. The minimum Gasteiger partial charge on any atom is -0.363 e. The first kappa shape index (κ1) is 19.7. The van der Waals surface area contributed by atoms with Crippen LogP contribution in [-0.2, 0) is 13.0 Å². The summed E-state index contributed by atoms with van der Waals surface area (Å²) in [6.45, 7) is 9.41. The Morgan fingerprint density at radius 3 is 2.86 bits per heavy atom. The van der Waals surface area contributed by atoms with E-state index in [-0.39, 0.29) is 0 Å². The third-order valence-corrected chi connectivity index (χ3v) is 7.52. The van der Waals surface area contributed by atoms with Crippen LogP contribution in [0.15, 0.2) is 34.0 Å². The summed E-state index contributed by atoms with van der Waals surface area (Å²) in [5, 5.41) is 12.9. The summed E-state index contributed by atoms with van der Waals surface area (Å²) in [7, 11) is 0. The zero-order valence-corrected chi connectivity index (χ0v) is 18.3. The molecule has 4 heterocycles. The van der Waals surface area contributed by atoms with Gasteiger partial charge < -0.3 is 15.5 Å². The molecule has 5 nitrogen and oxygen atoms in total. The van der Waals surface area contributed by atoms with Gasteiger partial charge in [0.15, 0.2) is 5.96 Å². The van der Waals surface area contributed by atoms with Gasteiger partial charge in [-0.1, -0.05) is 0 Å². The topological polar surface area (TPSA) is 42.9 Å². The van der Waals surface area contributed by atoms with Crippen LogP contribution in [0.2, 0.25) is 0 Å². The molecule has 1 fully saturated rings. The number of nitrogens with one attached hydrogen (secondary N) is 2. The predicted molar refractivity (Wildman–Crippen MR) is 122 cm³/mol. The van der Waals surface area contributed by atoms with Crippen LogP contribution < -0.4 is 15.5 Å². The smallest absolute Gasteiger partial charge is 0.191 e. The van der Waals surface area contributed by atoms with Gasteiger partial charge in [-0.2, -0.15) is 0 Å². The van der Waals surface area contributed by atoms with Gasteiger partial charge in [-0.3, -0.25) is 9.89 Å². The van der Waals surface area contributed by atoms with Gasteiger partial charge in [0.2, 0.25) is 0 Å². The molecule has 2 aliphatic heterocycles. The highest BCUT2D eigenvalue weighted by molar-refractivity contribution is 7.14. The van der Waals surface area contributed by atoms with Crippen LogP contribution in [0.3, 0.4) is 0 Å². The quantitative estimate of drug-likeness (QED) is 0.559. The molecule has 0 aromatic carbocycles. The van der Waals surface area contributed by atoms with Gasteiger partial charge in [-0.25, -0.2) is 0 Å². The van der Waals surface area contributed by atoms with E-state index in [0.29, 0.717) is 6.04 Å². The number of anilines is 1. The minimum absolute atomic E-state index is 0.511. The Labute approximate surface area is 176 Å². The van der Waals surface area contributed by atoms with Crippen molar-refractivity contribution in [1.29, 1.82) is 0 Å². The first-order valence-electron chi connectivity index (χ1n) is 10.4. The highest BCUT2D eigenvalue weighted by atomic mass is 32.1. The number of fused-ring (bicyclic) bond motifs is 1. The first-order valence-corrected chi connectivity index (χ1v) is 12.2. The van der Waals surface area contributed by atoms with Gasteiger partial charge in [-0.15, -0.1) is 22.7 Å². The molecular weight excluding hydrogens is 386 g/mol. The number of hydrogen-bond donors (Lipinski definition) is 2. The number of guanidine groups is 1. The van der Waals surface area contributed by atoms with Crippen LogP contribution in [0.25, 0.3) is 0 Å². The predicted octanol–water partition coefficient (Wildman–Crippen LogP) is 3.39. The molecule has 0 radical (unpaired) electrons. The molecule has 2 aromatic heterocycles. The van der Waals surface area contributed by atoms with Crippen molar-refractivity contribution in [3.05, 3.63) is 39.4 Å². The van der Waals surface area contributed by atoms with Crippen LogP contribution in [0.1, 0.15) is 30.2 Å². The Kier molecular flexibility index (Phi) is 6.88. The molecule has 1 saturated heterocycles. The normalized spacial score (nSPS) is 18.9. The van der Waals surface area contributed by atoms with Crippen molar-refractivity contribution in [1.82, 2.24) is 15.5 Å². The highest BCUT2D eigenvalue weighted by Gasteiger charge is 2.21. The lowest BCUT2D eigenvalue weighted by molar-refractivity contribution is 0.263. The molecule has 0 atom stereocenters. The second-order valence-corrected chi connectivity index (χ2v) is 9.44. The Hall–Kier alpha value is -1.57. The lowest BCUT2D eigenvalue weighted by Gasteiger charge is -2.33. The molecular formula is C21H31N5S2. The van der Waals surface area contributed by atoms with E-state index in [4.69, 9.17) is 4.99 Å². The fourth-order valence-electron chi connectivity index (χ4n) is 4.01. The zero-order valence-electron chi connectivity index (χ0n) is 16.7. The molecule has 2 aromatic rings. The first-order chi connectivity index (χ1) is 13.8. The fourth-order valence-corrected chi connectivity index (χ4v) is 5.68. The van der Waals surface area contributed by atoms with Crippen LogP contribution in [0, 0.1) is 0 Å². The SMILES string of the molecule is CCNC(=NCCN1CCc2sccc2C1)NC1CCN(c2cccs2)CC1. The summed E-state index contributed by atoms with van der Waals surface area (Å²) in [5.74, 6) is 0.977. The summed E-state index contributed by atoms with van der Waals surface area (Å²) in [4.78, 5) is 11.5. The van der Waals surface area contributed by atoms with E-state index < -0.39 is 0 Å². The van der Waals surface area contributed by atoms with Crippen molar-refractivity contribution in [2.45, 2.75) is 38.8 Å². The van der Waals surface area contributed by atoms with Crippen molar-refractivity contribution in [2.75, 3.05) is 44.2 Å². The van der Waals surface area contributed by atoms with E-state index in [0.717, 1.165) is 64.6 Å². The maximum Gasteiger partial charge on any atom is 0.191 e. The standard InChI is InChI=1S/C21H31N5S2/c1-2-22-21(23-9-13-25-10-7-19-17(16-25)8-15-27-19)24-18-5-11-26(12-6-18)20-4-3-14-28-20/h3-4,8,14-15,18H,2,5-7,9-13,16H2,1H3,(H2,22,23,24). The number of piperidine rings is 1. The van der Waals surface area contributed by atoms with Gasteiger partial charge in [0, 0.05) is 50.2 Å². The summed E-state index contributed by atoms with van der Waals surface area (Å²) in [6.07, 6.45) is 3.52. The van der Waals surface area contributed by atoms with Gasteiger partial charge in [0.1, 0.15) is 0 Å². The van der Waals surface area contributed by atoms with Crippen molar-refractivity contribution in [2.24, 2.45) is 4.99 Å². The molecule has 0 amide bonds. The Balaban J connectivity index is 1.23. The molecule has 0 unspecified atom stereocenters. The third kappa shape index (κ3) is 5.07. The number of hydrogen-bond acceptors (Lipinski definition) is 5. The highest BCUT2D eigenvalue weighted by Crippen LogP contribution is 2.25. The molecule has 152 valence electrons. The summed E-state index contributed by atoms with van der Waals surface area (Å²) in [6, 6.07) is 7.16. The second kappa shape index (κ2) is 9.76. The lowest BCUT2D eigenvalue weighted by Crippen LogP contribution is -2.48. The average molecular weight is 418 g/mol. The zero-order chi connectivity index (χ0) is 19.2. The van der Waals surface area contributed by atoms with Crippen molar-refractivity contribution in [3.8, 4) is 0 Å². The van der Waals surface area contributed by atoms with Crippen molar-refractivity contribution < 1.29 is 0 Å². The Morgan fingerprint density at radius 2 is 2.07 bits per heavy atom. The van der Waals surface area contributed by atoms with E-state index >= 15 is 0 Å². The van der Waals surface area contributed by atoms with Crippen molar-refractivity contribution >= 4 is 33.6 Å². The number of thiophene rings is 2. The van der Waals surface area contributed by atoms with E-state index in [1.165, 1.54) is 17.0 Å². The molecule has 7 heteroatoms. The summed E-state index contributed by atoms with van der Waals surface area (Å²) < 4.78 is 0. The molecule has 28 heavy (non-hydrogen) atoms. The van der Waals surface area contributed by atoms with E-state index in [1.54, 1.807) is 4.88 Å². The molecule has 2 N–H and O–H groups in total. The fraction of sp³-hybridized carbons (Fsp3) is 0.571. The molecule has 2 aliphatic rings. The van der Waals surface area contributed by atoms with Crippen LogP contribution >= 0.6 is 22.7 Å². The van der Waals surface area contributed by atoms with Gasteiger partial charge >= 0.3 is 0 Å². The van der Waals surface area contributed by atoms with Crippen molar-refractivity contribution in [3.63, 3.8) is 0 Å². The minimum atomic E-state index is 0.511. The van der Waals surface area contributed by atoms with E-state index in [2.05, 4.69) is 56.3 Å². The monoisotopic (exact) mass is 417 g/mol. The van der Waals surface area contributed by atoms with Crippen LogP contribution in [-0.4, -0.2) is 56.2 Å². The number of nitrogens with zero attached hydrogens (tertiary/aromatic N) is 3. The second-order valence-electron chi connectivity index (χ2n) is 7.51. The van der Waals surface area contributed by atoms with E-state index in [1.807, 2.05) is 22.7 Å². The maximum absolute atomic E-state index is 4.86.